The van der Waals surface area contributed by atoms with E-state index >= 15 is 0 Å². The van der Waals surface area contributed by atoms with Gasteiger partial charge in [0, 0.05) is 23.7 Å². The third-order valence-electron chi connectivity index (χ3n) is 5.15. The van der Waals surface area contributed by atoms with Gasteiger partial charge in [0.05, 0.1) is 5.69 Å². The van der Waals surface area contributed by atoms with E-state index in [9.17, 15) is 0 Å². The number of nitrogens with zero attached hydrogens (tertiary/aromatic N) is 4. The van der Waals surface area contributed by atoms with Gasteiger partial charge in [-0.3, -0.25) is 9.55 Å². The molecule has 0 unspecified atom stereocenters. The molecule has 3 aromatic carbocycles. The molecule has 0 aliphatic rings. The van der Waals surface area contributed by atoms with Gasteiger partial charge in [-0.05, 0) is 47.0 Å². The molecule has 0 radical (unpaired) electrons. The second kappa shape index (κ2) is 8.13. The Morgan fingerprint density at radius 1 is 0.833 bits per heavy atom. The van der Waals surface area contributed by atoms with Crippen LogP contribution in [0.15, 0.2) is 96.4 Å². The Labute approximate surface area is 179 Å². The molecule has 4 nitrogen and oxygen atoms in total. The zero-order chi connectivity index (χ0) is 20.3. The lowest BCUT2D eigenvalue weighted by Crippen LogP contribution is -2.02. The molecule has 2 heterocycles. The van der Waals surface area contributed by atoms with Crippen LogP contribution in [0.3, 0.4) is 0 Å². The summed E-state index contributed by atoms with van der Waals surface area (Å²) in [6.45, 7) is 2.11. The molecule has 5 rings (SSSR count). The summed E-state index contributed by atoms with van der Waals surface area (Å²) >= 11 is 1.70. The fourth-order valence-electron chi connectivity index (χ4n) is 3.64. The number of aromatic nitrogens is 4. The van der Waals surface area contributed by atoms with Crippen molar-refractivity contribution in [2.24, 2.45) is 0 Å². The molecule has 30 heavy (non-hydrogen) atoms. The summed E-state index contributed by atoms with van der Waals surface area (Å²) in [6.07, 6.45) is 3.60. The molecular formula is C25H20N4S. The van der Waals surface area contributed by atoms with Crippen LogP contribution in [0.1, 0.15) is 11.1 Å². The molecule has 5 heteroatoms. The predicted octanol–water partition coefficient (Wildman–Crippen LogP) is 6.08. The van der Waals surface area contributed by atoms with Gasteiger partial charge in [-0.15, -0.1) is 10.2 Å². The average molecular weight is 409 g/mol. The lowest BCUT2D eigenvalue weighted by atomic mass is 10.1. The summed E-state index contributed by atoms with van der Waals surface area (Å²) in [6, 6.07) is 27.2. The van der Waals surface area contributed by atoms with E-state index in [4.69, 9.17) is 0 Å². The van der Waals surface area contributed by atoms with Crippen molar-refractivity contribution in [3.63, 3.8) is 0 Å². The number of para-hydroxylation sites is 1. The number of rotatable bonds is 5. The third kappa shape index (κ3) is 3.48. The number of hydrogen-bond acceptors (Lipinski definition) is 4. The normalized spacial score (nSPS) is 11.1. The molecule has 0 atom stereocenters. The average Bonchev–Trinajstić information content (AvgIpc) is 3.22. The zero-order valence-electron chi connectivity index (χ0n) is 16.6. The van der Waals surface area contributed by atoms with E-state index in [1.165, 1.54) is 21.9 Å². The molecule has 0 bridgehead atoms. The van der Waals surface area contributed by atoms with Gasteiger partial charge in [0.15, 0.2) is 11.0 Å². The second-order valence-corrected chi connectivity index (χ2v) is 8.04. The molecule has 0 aliphatic heterocycles. The highest BCUT2D eigenvalue weighted by Gasteiger charge is 2.18. The van der Waals surface area contributed by atoms with Gasteiger partial charge >= 0.3 is 0 Å². The van der Waals surface area contributed by atoms with Gasteiger partial charge in [-0.25, -0.2) is 0 Å². The van der Waals surface area contributed by atoms with Crippen LogP contribution in [0.2, 0.25) is 0 Å². The van der Waals surface area contributed by atoms with Crippen molar-refractivity contribution in [3.05, 3.63) is 102 Å². The van der Waals surface area contributed by atoms with Crippen molar-refractivity contribution in [2.75, 3.05) is 0 Å². The summed E-state index contributed by atoms with van der Waals surface area (Å²) in [4.78, 5) is 4.27. The number of aryl methyl sites for hydroxylation is 1. The van der Waals surface area contributed by atoms with E-state index in [1.54, 1.807) is 18.0 Å². The topological polar surface area (TPSA) is 43.6 Å². The minimum atomic E-state index is 0.804. The largest absolute Gasteiger partial charge is 0.270 e. The van der Waals surface area contributed by atoms with Crippen molar-refractivity contribution in [3.8, 4) is 17.1 Å². The SMILES string of the molecule is Cc1ccccc1-n1c(SCc2cccc3ccccc23)nnc1-c1cccnc1. The number of thioether (sulfide) groups is 1. The van der Waals surface area contributed by atoms with Crippen molar-refractivity contribution in [2.45, 2.75) is 17.8 Å². The minimum absolute atomic E-state index is 0.804. The smallest absolute Gasteiger partial charge is 0.196 e. The van der Waals surface area contributed by atoms with Crippen LogP contribution in [0.4, 0.5) is 0 Å². The second-order valence-electron chi connectivity index (χ2n) is 7.10. The fourth-order valence-corrected chi connectivity index (χ4v) is 4.59. The molecule has 0 N–H and O–H groups in total. The first-order valence-corrected chi connectivity index (χ1v) is 10.8. The van der Waals surface area contributed by atoms with Crippen LogP contribution >= 0.6 is 11.8 Å². The molecule has 0 fully saturated rings. The number of hydrogen-bond donors (Lipinski definition) is 0. The monoisotopic (exact) mass is 408 g/mol. The Morgan fingerprint density at radius 3 is 2.53 bits per heavy atom. The van der Waals surface area contributed by atoms with Crippen LogP contribution in [0.5, 0.6) is 0 Å². The van der Waals surface area contributed by atoms with Crippen LogP contribution < -0.4 is 0 Å². The first-order valence-electron chi connectivity index (χ1n) is 9.82. The Balaban J connectivity index is 1.57. The van der Waals surface area contributed by atoms with Crippen LogP contribution in [0, 0.1) is 6.92 Å². The van der Waals surface area contributed by atoms with E-state index in [0.29, 0.717) is 0 Å². The lowest BCUT2D eigenvalue weighted by Gasteiger charge is -2.13. The van der Waals surface area contributed by atoms with Gasteiger partial charge in [-0.1, -0.05) is 72.4 Å². The summed E-state index contributed by atoms with van der Waals surface area (Å²) in [5.41, 5.74) is 4.50. The van der Waals surface area contributed by atoms with Crippen LogP contribution in [-0.4, -0.2) is 19.7 Å². The molecule has 0 spiro atoms. The maximum Gasteiger partial charge on any atom is 0.196 e. The standard InChI is InChI=1S/C25H20N4S/c1-18-8-2-5-14-23(18)29-24(20-12-7-15-26-16-20)27-28-25(29)30-17-21-11-6-10-19-9-3-4-13-22(19)21/h2-16H,17H2,1H3. The number of fused-ring (bicyclic) bond motifs is 1. The minimum Gasteiger partial charge on any atom is -0.270 e. The molecule has 146 valence electrons. The Bertz CT molecular complexity index is 1310. The molecule has 0 saturated heterocycles. The van der Waals surface area contributed by atoms with Gasteiger partial charge in [0.1, 0.15) is 0 Å². The predicted molar refractivity (Wildman–Crippen MR) is 123 cm³/mol. The van der Waals surface area contributed by atoms with E-state index < -0.39 is 0 Å². The van der Waals surface area contributed by atoms with Gasteiger partial charge in [0.25, 0.3) is 0 Å². The van der Waals surface area contributed by atoms with Crippen molar-refractivity contribution < 1.29 is 0 Å². The third-order valence-corrected chi connectivity index (χ3v) is 6.12. The molecule has 0 amide bonds. The maximum absolute atomic E-state index is 4.55. The first kappa shape index (κ1) is 18.6. The zero-order valence-corrected chi connectivity index (χ0v) is 17.4. The maximum atomic E-state index is 4.55. The summed E-state index contributed by atoms with van der Waals surface area (Å²) in [5, 5.41) is 12.5. The van der Waals surface area contributed by atoms with Crippen LogP contribution in [0.25, 0.3) is 27.8 Å². The fraction of sp³-hybridized carbons (Fsp3) is 0.0800. The van der Waals surface area contributed by atoms with Gasteiger partial charge in [-0.2, -0.15) is 0 Å². The molecule has 0 saturated carbocycles. The molecular weight excluding hydrogens is 388 g/mol. The highest BCUT2D eigenvalue weighted by atomic mass is 32.2. The Morgan fingerprint density at radius 2 is 1.67 bits per heavy atom. The number of benzene rings is 3. The summed E-state index contributed by atoms with van der Waals surface area (Å²) in [7, 11) is 0. The van der Waals surface area contributed by atoms with Crippen molar-refractivity contribution in [1.82, 2.24) is 19.7 Å². The van der Waals surface area contributed by atoms with E-state index in [0.717, 1.165) is 28.0 Å². The molecule has 0 aliphatic carbocycles. The Hall–Kier alpha value is -3.44. The number of pyridine rings is 1. The summed E-state index contributed by atoms with van der Waals surface area (Å²) < 4.78 is 2.14. The van der Waals surface area contributed by atoms with Gasteiger partial charge < -0.3 is 0 Å². The highest BCUT2D eigenvalue weighted by Crippen LogP contribution is 2.32. The van der Waals surface area contributed by atoms with E-state index in [1.807, 2.05) is 18.3 Å². The van der Waals surface area contributed by atoms with Crippen LogP contribution in [-0.2, 0) is 5.75 Å². The Kier molecular flexibility index (Phi) is 5.03. The first-order chi connectivity index (χ1) is 14.8. The van der Waals surface area contributed by atoms with Gasteiger partial charge in [0.2, 0.25) is 0 Å². The lowest BCUT2D eigenvalue weighted by molar-refractivity contribution is 0.880. The summed E-state index contributed by atoms with van der Waals surface area (Å²) in [5.74, 6) is 1.62. The van der Waals surface area contributed by atoms with E-state index in [2.05, 4.69) is 93.4 Å². The molecule has 2 aromatic heterocycles. The van der Waals surface area contributed by atoms with Crippen molar-refractivity contribution >= 4 is 22.5 Å². The van der Waals surface area contributed by atoms with E-state index in [-0.39, 0.29) is 0 Å². The highest BCUT2D eigenvalue weighted by molar-refractivity contribution is 7.98. The molecule has 5 aromatic rings. The quantitative estimate of drug-likeness (QED) is 0.330. The van der Waals surface area contributed by atoms with Crippen molar-refractivity contribution in [1.29, 1.82) is 0 Å².